The Balaban J connectivity index is 2.22. The second-order valence-electron chi connectivity index (χ2n) is 4.34. The molecule has 6 heteroatoms. The highest BCUT2D eigenvalue weighted by Gasteiger charge is 2.20. The van der Waals surface area contributed by atoms with Crippen molar-refractivity contribution in [1.29, 1.82) is 0 Å². The van der Waals surface area contributed by atoms with Crippen LogP contribution in [0, 0.1) is 0 Å². The van der Waals surface area contributed by atoms with Gasteiger partial charge in [-0.25, -0.2) is 9.48 Å². The third kappa shape index (κ3) is 2.85. The molecule has 1 aromatic carbocycles. The Kier molecular flexibility index (Phi) is 4.47. The summed E-state index contributed by atoms with van der Waals surface area (Å²) in [4.78, 5) is 11.6. The van der Waals surface area contributed by atoms with E-state index in [1.165, 1.54) is 7.11 Å². The van der Waals surface area contributed by atoms with Gasteiger partial charge >= 0.3 is 5.97 Å². The smallest absolute Gasteiger partial charge is 0.360 e. The number of benzene rings is 1. The minimum absolute atomic E-state index is 0.204. The number of hydrogen-bond acceptors (Lipinski definition) is 5. The maximum Gasteiger partial charge on any atom is 0.360 e. The molecule has 0 aliphatic carbocycles. The maximum absolute atomic E-state index is 11.6. The third-order valence-corrected chi connectivity index (χ3v) is 3.08. The predicted molar refractivity (Wildman–Crippen MR) is 72.1 cm³/mol. The van der Waals surface area contributed by atoms with Crippen molar-refractivity contribution in [2.75, 3.05) is 7.11 Å². The normalized spacial score (nSPS) is 12.2. The van der Waals surface area contributed by atoms with Gasteiger partial charge in [-0.3, -0.25) is 0 Å². The molecule has 0 amide bonds. The number of rotatable bonds is 5. The first-order chi connectivity index (χ1) is 9.67. The number of aromatic nitrogens is 3. The number of ether oxygens (including phenoxy) is 1. The molecule has 20 heavy (non-hydrogen) atoms. The summed E-state index contributed by atoms with van der Waals surface area (Å²) in [5.74, 6) is -0.512. The lowest BCUT2D eigenvalue weighted by Crippen LogP contribution is -2.14. The summed E-state index contributed by atoms with van der Waals surface area (Å²) in [6, 6.07) is 9.29. The van der Waals surface area contributed by atoms with Crippen molar-refractivity contribution < 1.29 is 14.6 Å². The minimum Gasteiger partial charge on any atom is -0.464 e. The van der Waals surface area contributed by atoms with Crippen LogP contribution in [0.4, 0.5) is 0 Å². The average Bonchev–Trinajstić information content (AvgIpc) is 2.89. The first-order valence-corrected chi connectivity index (χ1v) is 6.41. The molecule has 0 aliphatic heterocycles. The van der Waals surface area contributed by atoms with Gasteiger partial charge in [0, 0.05) is 0 Å². The largest absolute Gasteiger partial charge is 0.464 e. The summed E-state index contributed by atoms with van der Waals surface area (Å²) < 4.78 is 6.21. The van der Waals surface area contributed by atoms with Crippen LogP contribution in [0.15, 0.2) is 30.3 Å². The molecule has 106 valence electrons. The molecule has 0 bridgehead atoms. The molecule has 0 radical (unpaired) electrons. The summed E-state index contributed by atoms with van der Waals surface area (Å²) in [5.41, 5.74) is 1.66. The van der Waals surface area contributed by atoms with E-state index < -0.39 is 12.1 Å². The van der Waals surface area contributed by atoms with Crippen molar-refractivity contribution in [3.8, 4) is 0 Å². The number of esters is 1. The molecule has 1 N–H and O–H groups in total. The van der Waals surface area contributed by atoms with Gasteiger partial charge < -0.3 is 9.84 Å². The van der Waals surface area contributed by atoms with Crippen LogP contribution in [-0.2, 0) is 17.7 Å². The van der Waals surface area contributed by atoms with Crippen molar-refractivity contribution >= 4 is 5.97 Å². The number of nitrogens with zero attached hydrogens (tertiary/aromatic N) is 3. The number of carbonyl (C=O) groups is 1. The lowest BCUT2D eigenvalue weighted by molar-refractivity contribution is 0.0592. The second-order valence-corrected chi connectivity index (χ2v) is 4.34. The fourth-order valence-corrected chi connectivity index (χ4v) is 2.03. The molecule has 0 saturated carbocycles. The van der Waals surface area contributed by atoms with Gasteiger partial charge in [0.05, 0.1) is 25.5 Å². The van der Waals surface area contributed by atoms with E-state index in [1.807, 2.05) is 37.3 Å². The highest BCUT2D eigenvalue weighted by Crippen LogP contribution is 2.16. The van der Waals surface area contributed by atoms with Crippen LogP contribution in [0.2, 0.25) is 0 Å². The van der Waals surface area contributed by atoms with Crippen LogP contribution in [0.5, 0.6) is 0 Å². The first-order valence-electron chi connectivity index (χ1n) is 6.41. The van der Waals surface area contributed by atoms with Crippen molar-refractivity contribution in [3.05, 3.63) is 47.3 Å². The fraction of sp³-hybridized carbons (Fsp3) is 0.357. The molecule has 0 saturated heterocycles. The van der Waals surface area contributed by atoms with Gasteiger partial charge in [0.15, 0.2) is 5.69 Å². The molecule has 2 aromatic rings. The van der Waals surface area contributed by atoms with Gasteiger partial charge in [0.2, 0.25) is 0 Å². The van der Waals surface area contributed by atoms with Crippen LogP contribution >= 0.6 is 0 Å². The molecule has 2 rings (SSSR count). The second kappa shape index (κ2) is 6.29. The van der Waals surface area contributed by atoms with Crippen molar-refractivity contribution in [1.82, 2.24) is 15.0 Å². The molecular formula is C14H17N3O3. The molecule has 1 aromatic heterocycles. The highest BCUT2D eigenvalue weighted by molar-refractivity contribution is 5.88. The zero-order valence-corrected chi connectivity index (χ0v) is 11.5. The Morgan fingerprint density at radius 3 is 2.70 bits per heavy atom. The zero-order valence-electron chi connectivity index (χ0n) is 11.5. The molecule has 1 unspecified atom stereocenters. The van der Waals surface area contributed by atoms with Crippen LogP contribution < -0.4 is 0 Å². The number of aliphatic hydroxyl groups is 1. The average molecular weight is 275 g/mol. The van der Waals surface area contributed by atoms with E-state index in [2.05, 4.69) is 15.0 Å². The fourth-order valence-electron chi connectivity index (χ4n) is 2.03. The highest BCUT2D eigenvalue weighted by atomic mass is 16.5. The predicted octanol–water partition coefficient (Wildman–Crippen LogP) is 1.36. The molecule has 0 fully saturated rings. The summed E-state index contributed by atoms with van der Waals surface area (Å²) in [6.45, 7) is 2.15. The van der Waals surface area contributed by atoms with Crippen LogP contribution in [-0.4, -0.2) is 33.2 Å². The molecular weight excluding hydrogens is 258 g/mol. The van der Waals surface area contributed by atoms with Crippen LogP contribution in [0.3, 0.4) is 0 Å². The van der Waals surface area contributed by atoms with Gasteiger partial charge in [-0.1, -0.05) is 42.5 Å². The molecule has 1 heterocycles. The van der Waals surface area contributed by atoms with Gasteiger partial charge in [0.25, 0.3) is 0 Å². The van der Waals surface area contributed by atoms with Crippen molar-refractivity contribution in [3.63, 3.8) is 0 Å². The van der Waals surface area contributed by atoms with Crippen molar-refractivity contribution in [2.45, 2.75) is 26.0 Å². The van der Waals surface area contributed by atoms with Crippen LogP contribution in [0.1, 0.15) is 34.8 Å². The third-order valence-electron chi connectivity index (χ3n) is 3.08. The monoisotopic (exact) mass is 275 g/mol. The van der Waals surface area contributed by atoms with E-state index in [0.717, 1.165) is 5.56 Å². The molecule has 0 aliphatic rings. The summed E-state index contributed by atoms with van der Waals surface area (Å²) >= 11 is 0. The number of aliphatic hydroxyl groups excluding tert-OH is 1. The standard InChI is InChI=1S/C14H17N3O3/c1-3-11-13(14(19)20-2)15-16-17(11)9-12(18)10-7-5-4-6-8-10/h4-8,12,18H,3,9H2,1-2H3. The Labute approximate surface area is 117 Å². The summed E-state index contributed by atoms with van der Waals surface area (Å²) in [6.07, 6.45) is -0.118. The number of methoxy groups -OCH3 is 1. The van der Waals surface area contributed by atoms with Crippen molar-refractivity contribution in [2.24, 2.45) is 0 Å². The molecule has 6 nitrogen and oxygen atoms in total. The Bertz CT molecular complexity index is 581. The summed E-state index contributed by atoms with van der Waals surface area (Å²) in [5, 5.41) is 18.0. The zero-order chi connectivity index (χ0) is 14.5. The summed E-state index contributed by atoms with van der Waals surface area (Å²) in [7, 11) is 1.31. The number of hydrogen-bond donors (Lipinski definition) is 1. The molecule has 1 atom stereocenters. The van der Waals surface area contributed by atoms with E-state index in [-0.39, 0.29) is 12.2 Å². The lowest BCUT2D eigenvalue weighted by atomic mass is 10.1. The Morgan fingerprint density at radius 1 is 1.40 bits per heavy atom. The lowest BCUT2D eigenvalue weighted by Gasteiger charge is -2.12. The first kappa shape index (κ1) is 14.2. The maximum atomic E-state index is 11.6. The van der Waals surface area contributed by atoms with Gasteiger partial charge in [-0.05, 0) is 12.0 Å². The SMILES string of the molecule is CCc1c(C(=O)OC)nnn1CC(O)c1ccccc1. The van der Waals surface area contributed by atoms with E-state index in [9.17, 15) is 9.90 Å². The van der Waals surface area contributed by atoms with E-state index >= 15 is 0 Å². The van der Waals surface area contributed by atoms with Gasteiger partial charge in [0.1, 0.15) is 0 Å². The van der Waals surface area contributed by atoms with E-state index in [0.29, 0.717) is 12.1 Å². The van der Waals surface area contributed by atoms with E-state index in [4.69, 9.17) is 0 Å². The van der Waals surface area contributed by atoms with Crippen LogP contribution in [0.25, 0.3) is 0 Å². The molecule has 0 spiro atoms. The van der Waals surface area contributed by atoms with E-state index in [1.54, 1.807) is 4.68 Å². The number of carbonyl (C=O) groups excluding carboxylic acids is 1. The van der Waals surface area contributed by atoms with Gasteiger partial charge in [-0.2, -0.15) is 0 Å². The topological polar surface area (TPSA) is 77.2 Å². The quantitative estimate of drug-likeness (QED) is 0.834. The Hall–Kier alpha value is -2.21. The van der Waals surface area contributed by atoms with Gasteiger partial charge in [-0.15, -0.1) is 5.10 Å². The minimum atomic E-state index is -0.700. The Morgan fingerprint density at radius 2 is 2.10 bits per heavy atom.